The highest BCUT2D eigenvalue weighted by Gasteiger charge is 2.20. The lowest BCUT2D eigenvalue weighted by molar-refractivity contribution is 0.0733. The quantitative estimate of drug-likeness (QED) is 0.0859. The Morgan fingerprint density at radius 2 is 1.69 bits per heavy atom. The lowest BCUT2D eigenvalue weighted by Gasteiger charge is -2.23. The van der Waals surface area contributed by atoms with E-state index in [0.717, 1.165) is 37.0 Å². The standard InChI is InChI=1S/C31H41NO2S2/c1-23(2)11-8-12-24(3)13-9-14-25(4)18-20-35-31(6,7)36-28-16-17-29(26(5)21-28)34-30(33)27-15-10-19-32-22-27/h10-11,13,15-19,21-22H,8-9,12,14,20H2,1-7H3. The van der Waals surface area contributed by atoms with Gasteiger partial charge in [0.05, 0.1) is 9.64 Å². The molecule has 194 valence electrons. The molecule has 0 N–H and O–H groups in total. The molecular weight excluding hydrogens is 482 g/mol. The van der Waals surface area contributed by atoms with E-state index >= 15 is 0 Å². The van der Waals surface area contributed by atoms with Gasteiger partial charge < -0.3 is 4.74 Å². The van der Waals surface area contributed by atoms with Crippen LogP contribution in [0.3, 0.4) is 0 Å². The first-order chi connectivity index (χ1) is 17.1. The van der Waals surface area contributed by atoms with Gasteiger partial charge in [-0.25, -0.2) is 4.79 Å². The summed E-state index contributed by atoms with van der Waals surface area (Å²) in [5.74, 6) is 1.19. The summed E-state index contributed by atoms with van der Waals surface area (Å²) in [6.45, 7) is 15.3. The number of allylic oxidation sites excluding steroid dienone is 5. The van der Waals surface area contributed by atoms with Crippen LogP contribution in [-0.2, 0) is 0 Å². The van der Waals surface area contributed by atoms with Gasteiger partial charge in [-0.2, -0.15) is 0 Å². The van der Waals surface area contributed by atoms with Gasteiger partial charge in [-0.05, 0) is 110 Å². The van der Waals surface area contributed by atoms with E-state index in [-0.39, 0.29) is 10.0 Å². The molecule has 1 aromatic heterocycles. The molecule has 0 fully saturated rings. The van der Waals surface area contributed by atoms with Crippen molar-refractivity contribution in [3.8, 4) is 5.75 Å². The number of rotatable bonds is 13. The second kappa shape index (κ2) is 15.1. The van der Waals surface area contributed by atoms with Gasteiger partial charge in [0.2, 0.25) is 0 Å². The van der Waals surface area contributed by atoms with Gasteiger partial charge in [0.15, 0.2) is 0 Å². The van der Waals surface area contributed by atoms with Crippen LogP contribution in [0.4, 0.5) is 0 Å². The molecule has 0 aliphatic heterocycles. The molecule has 0 bridgehead atoms. The van der Waals surface area contributed by atoms with Crippen LogP contribution in [0.15, 0.2) is 82.6 Å². The Morgan fingerprint density at radius 3 is 2.33 bits per heavy atom. The third-order valence-corrected chi connectivity index (χ3v) is 8.21. The topological polar surface area (TPSA) is 39.2 Å². The summed E-state index contributed by atoms with van der Waals surface area (Å²) in [4.78, 5) is 17.5. The minimum absolute atomic E-state index is 0.0263. The summed E-state index contributed by atoms with van der Waals surface area (Å²) in [6, 6.07) is 9.43. The van der Waals surface area contributed by atoms with Crippen LogP contribution in [0.1, 0.15) is 83.1 Å². The van der Waals surface area contributed by atoms with Gasteiger partial charge in [0.25, 0.3) is 0 Å². The molecule has 1 aromatic carbocycles. The number of aromatic nitrogens is 1. The Morgan fingerprint density at radius 1 is 1.00 bits per heavy atom. The second-order valence-electron chi connectivity index (χ2n) is 9.83. The molecule has 0 aliphatic rings. The number of hydrogen-bond acceptors (Lipinski definition) is 5. The van der Waals surface area contributed by atoms with Crippen molar-refractivity contribution in [3.05, 3.63) is 88.8 Å². The van der Waals surface area contributed by atoms with Crippen molar-refractivity contribution in [1.82, 2.24) is 4.98 Å². The molecule has 0 amide bonds. The zero-order valence-electron chi connectivity index (χ0n) is 22.9. The molecule has 1 heterocycles. The van der Waals surface area contributed by atoms with Gasteiger partial charge >= 0.3 is 5.97 Å². The van der Waals surface area contributed by atoms with Crippen molar-refractivity contribution >= 4 is 29.5 Å². The molecule has 0 aliphatic carbocycles. The van der Waals surface area contributed by atoms with E-state index in [1.165, 1.54) is 27.8 Å². The summed E-state index contributed by atoms with van der Waals surface area (Å²) in [6.07, 6.45) is 14.8. The molecular formula is C31H41NO2S2. The highest BCUT2D eigenvalue weighted by Crippen LogP contribution is 2.42. The number of thioether (sulfide) groups is 2. The predicted molar refractivity (Wildman–Crippen MR) is 158 cm³/mol. The first-order valence-electron chi connectivity index (χ1n) is 12.6. The van der Waals surface area contributed by atoms with E-state index in [4.69, 9.17) is 4.74 Å². The largest absolute Gasteiger partial charge is 0.423 e. The van der Waals surface area contributed by atoms with E-state index in [1.54, 1.807) is 18.3 Å². The number of esters is 1. The summed E-state index contributed by atoms with van der Waals surface area (Å²) in [7, 11) is 0. The van der Waals surface area contributed by atoms with Gasteiger partial charge in [-0.1, -0.05) is 34.9 Å². The van der Waals surface area contributed by atoms with Crippen molar-refractivity contribution in [1.29, 1.82) is 0 Å². The monoisotopic (exact) mass is 523 g/mol. The van der Waals surface area contributed by atoms with Crippen LogP contribution in [0, 0.1) is 6.92 Å². The molecule has 0 saturated heterocycles. The number of nitrogens with zero attached hydrogens (tertiary/aromatic N) is 1. The third kappa shape index (κ3) is 11.7. The Balaban J connectivity index is 1.81. The van der Waals surface area contributed by atoms with Crippen molar-refractivity contribution in [2.45, 2.75) is 83.1 Å². The Hall–Kier alpha value is -2.24. The fourth-order valence-corrected chi connectivity index (χ4v) is 5.92. The van der Waals surface area contributed by atoms with Gasteiger partial charge in [0.1, 0.15) is 5.75 Å². The fourth-order valence-electron chi connectivity index (χ4n) is 3.48. The Bertz CT molecular complexity index is 1080. The van der Waals surface area contributed by atoms with E-state index in [0.29, 0.717) is 11.3 Å². The van der Waals surface area contributed by atoms with Crippen molar-refractivity contribution < 1.29 is 9.53 Å². The number of benzene rings is 1. The normalized spacial score (nSPS) is 12.4. The van der Waals surface area contributed by atoms with Crippen LogP contribution in [-0.4, -0.2) is 20.8 Å². The minimum Gasteiger partial charge on any atom is -0.423 e. The van der Waals surface area contributed by atoms with Crippen molar-refractivity contribution in [3.63, 3.8) is 0 Å². The van der Waals surface area contributed by atoms with Gasteiger partial charge in [-0.15, -0.1) is 23.5 Å². The van der Waals surface area contributed by atoms with Crippen LogP contribution >= 0.6 is 23.5 Å². The number of hydrogen-bond donors (Lipinski definition) is 0. The first kappa shape index (κ1) is 30.0. The molecule has 2 rings (SSSR count). The molecule has 2 aromatic rings. The summed E-state index contributed by atoms with van der Waals surface area (Å²) >= 11 is 3.78. The lowest BCUT2D eigenvalue weighted by Crippen LogP contribution is -2.10. The van der Waals surface area contributed by atoms with E-state index in [2.05, 4.69) is 70.8 Å². The molecule has 3 nitrogen and oxygen atoms in total. The maximum absolute atomic E-state index is 12.3. The number of ether oxygens (including phenoxy) is 1. The summed E-state index contributed by atoms with van der Waals surface area (Å²) < 4.78 is 5.60. The zero-order valence-corrected chi connectivity index (χ0v) is 24.5. The molecule has 0 radical (unpaired) electrons. The van der Waals surface area contributed by atoms with E-state index < -0.39 is 0 Å². The predicted octanol–water partition coefficient (Wildman–Crippen LogP) is 9.59. The van der Waals surface area contributed by atoms with Crippen LogP contribution in [0.5, 0.6) is 5.75 Å². The smallest absolute Gasteiger partial charge is 0.345 e. The number of carbonyl (C=O) groups is 1. The highest BCUT2D eigenvalue weighted by molar-refractivity contribution is 8.18. The first-order valence-corrected chi connectivity index (χ1v) is 14.4. The lowest BCUT2D eigenvalue weighted by atomic mass is 10.1. The molecule has 5 heteroatoms. The molecule has 0 saturated carbocycles. The van der Waals surface area contributed by atoms with Crippen LogP contribution in [0.2, 0.25) is 0 Å². The SMILES string of the molecule is CC(C)=CCCC(C)=CCCC(C)=CCSC(C)(C)Sc1ccc(OC(=O)c2cccnc2)c(C)c1. The van der Waals surface area contributed by atoms with Crippen LogP contribution in [0.25, 0.3) is 0 Å². The average molecular weight is 524 g/mol. The van der Waals surface area contributed by atoms with Gasteiger partial charge in [0, 0.05) is 23.0 Å². The Kier molecular flexibility index (Phi) is 12.6. The summed E-state index contributed by atoms with van der Waals surface area (Å²) in [5, 5.41) is 0. The highest BCUT2D eigenvalue weighted by atomic mass is 32.2. The second-order valence-corrected chi connectivity index (χ2v) is 13.4. The van der Waals surface area contributed by atoms with E-state index in [1.807, 2.05) is 42.6 Å². The van der Waals surface area contributed by atoms with Crippen molar-refractivity contribution in [2.24, 2.45) is 0 Å². The maximum atomic E-state index is 12.3. The molecule has 0 unspecified atom stereocenters. The molecule has 0 atom stereocenters. The van der Waals surface area contributed by atoms with Crippen LogP contribution < -0.4 is 4.74 Å². The van der Waals surface area contributed by atoms with Gasteiger partial charge in [-0.3, -0.25) is 4.98 Å². The minimum atomic E-state index is -0.390. The maximum Gasteiger partial charge on any atom is 0.345 e. The van der Waals surface area contributed by atoms with Crippen molar-refractivity contribution in [2.75, 3.05) is 5.75 Å². The van der Waals surface area contributed by atoms with E-state index in [9.17, 15) is 4.79 Å². The Labute approximate surface area is 226 Å². The number of carbonyl (C=O) groups excluding carboxylic acids is 1. The molecule has 0 spiro atoms. The zero-order chi connectivity index (χ0) is 26.6. The number of aryl methyl sites for hydroxylation is 1. The fraction of sp³-hybridized carbons (Fsp3) is 0.419. The average Bonchev–Trinajstić information content (AvgIpc) is 2.80. The number of pyridine rings is 1. The summed E-state index contributed by atoms with van der Waals surface area (Å²) in [5.41, 5.74) is 5.72. The molecule has 36 heavy (non-hydrogen) atoms. The third-order valence-electron chi connectivity index (χ3n) is 5.60.